The van der Waals surface area contributed by atoms with Crippen molar-refractivity contribution in [2.75, 3.05) is 5.73 Å². The molecule has 0 unspecified atom stereocenters. The van der Waals surface area contributed by atoms with Gasteiger partial charge >= 0.3 is 0 Å². The molecule has 3 rings (SSSR count). The molecule has 1 aliphatic heterocycles. The van der Waals surface area contributed by atoms with E-state index < -0.39 is 0 Å². The highest BCUT2D eigenvalue weighted by Gasteiger charge is 2.41. The summed E-state index contributed by atoms with van der Waals surface area (Å²) in [7, 11) is 0. The highest BCUT2D eigenvalue weighted by Crippen LogP contribution is 2.42. The first-order valence-electron chi connectivity index (χ1n) is 8.36. The smallest absolute Gasteiger partial charge is 0.140 e. The van der Waals surface area contributed by atoms with Crippen molar-refractivity contribution in [1.29, 1.82) is 5.26 Å². The number of nitrogens with zero attached hydrogens (tertiary/aromatic N) is 3. The Morgan fingerprint density at radius 1 is 1.20 bits per heavy atom. The highest BCUT2D eigenvalue weighted by molar-refractivity contribution is 9.10. The molecule has 0 atom stereocenters. The van der Waals surface area contributed by atoms with Gasteiger partial charge in [0.25, 0.3) is 0 Å². The van der Waals surface area contributed by atoms with Crippen molar-refractivity contribution < 1.29 is 4.74 Å². The molecule has 25 heavy (non-hydrogen) atoms. The fourth-order valence-electron chi connectivity index (χ4n) is 3.86. The lowest BCUT2D eigenvalue weighted by molar-refractivity contribution is -0.170. The number of nitrogen functional groups attached to an aromatic ring is 1. The molecule has 1 aromatic carbocycles. The van der Waals surface area contributed by atoms with Gasteiger partial charge in [0.1, 0.15) is 23.1 Å². The summed E-state index contributed by atoms with van der Waals surface area (Å²) in [5, 5.41) is 14.3. The van der Waals surface area contributed by atoms with Gasteiger partial charge in [-0.3, -0.25) is 0 Å². The van der Waals surface area contributed by atoms with Gasteiger partial charge in [0.15, 0.2) is 0 Å². The van der Waals surface area contributed by atoms with E-state index in [0.717, 1.165) is 22.9 Å². The standard InChI is InChI=1S/C19H23BrN4O/c1-18(2)9-14(10-19(3,4)25-18)24-17(22)15(11-21)16(23-24)12-5-7-13(20)8-6-12/h5-8,14H,9-10,22H2,1-4H3. The first kappa shape index (κ1) is 18.0. The number of rotatable bonds is 2. The summed E-state index contributed by atoms with van der Waals surface area (Å²) in [5.74, 6) is 0.430. The first-order chi connectivity index (χ1) is 11.6. The molecule has 5 nitrogen and oxygen atoms in total. The summed E-state index contributed by atoms with van der Waals surface area (Å²) in [5.41, 5.74) is 7.73. The Morgan fingerprint density at radius 3 is 2.28 bits per heavy atom. The molecule has 1 saturated heterocycles. The normalized spacial score (nSPS) is 19.5. The molecule has 2 aromatic rings. The van der Waals surface area contributed by atoms with Gasteiger partial charge in [0.2, 0.25) is 0 Å². The number of halogens is 1. The van der Waals surface area contributed by atoms with E-state index in [1.54, 1.807) is 0 Å². The van der Waals surface area contributed by atoms with Crippen LogP contribution in [0.25, 0.3) is 11.3 Å². The summed E-state index contributed by atoms with van der Waals surface area (Å²) in [6.45, 7) is 8.34. The van der Waals surface area contributed by atoms with Gasteiger partial charge in [-0.05, 0) is 52.7 Å². The van der Waals surface area contributed by atoms with Crippen LogP contribution in [0.1, 0.15) is 52.1 Å². The third-order valence-electron chi connectivity index (χ3n) is 4.53. The minimum Gasteiger partial charge on any atom is -0.383 e. The Morgan fingerprint density at radius 2 is 1.76 bits per heavy atom. The number of anilines is 1. The predicted molar refractivity (Wildman–Crippen MR) is 102 cm³/mol. The minimum atomic E-state index is -0.268. The third kappa shape index (κ3) is 3.58. The molecule has 0 spiro atoms. The fourth-order valence-corrected chi connectivity index (χ4v) is 4.12. The van der Waals surface area contributed by atoms with E-state index >= 15 is 0 Å². The summed E-state index contributed by atoms with van der Waals surface area (Å²) in [6, 6.07) is 10.1. The molecular formula is C19H23BrN4O. The van der Waals surface area contributed by atoms with E-state index in [0.29, 0.717) is 17.1 Å². The predicted octanol–water partition coefficient (Wildman–Crippen LogP) is 4.68. The van der Waals surface area contributed by atoms with Crippen LogP contribution < -0.4 is 5.73 Å². The van der Waals surface area contributed by atoms with Crippen LogP contribution in [0, 0.1) is 11.3 Å². The van der Waals surface area contributed by atoms with Crippen molar-refractivity contribution in [3.8, 4) is 17.3 Å². The van der Waals surface area contributed by atoms with Crippen LogP contribution >= 0.6 is 15.9 Å². The molecule has 0 radical (unpaired) electrons. The summed E-state index contributed by atoms with van der Waals surface area (Å²) < 4.78 is 8.96. The Bertz CT molecular complexity index is 814. The van der Waals surface area contributed by atoms with Crippen LogP contribution in [0.15, 0.2) is 28.7 Å². The average molecular weight is 403 g/mol. The Kier molecular flexibility index (Phi) is 4.42. The van der Waals surface area contributed by atoms with Gasteiger partial charge in [-0.2, -0.15) is 10.4 Å². The molecular weight excluding hydrogens is 380 g/mol. The third-order valence-corrected chi connectivity index (χ3v) is 5.06. The maximum absolute atomic E-state index is 9.61. The molecule has 132 valence electrons. The minimum absolute atomic E-state index is 0.0926. The highest BCUT2D eigenvalue weighted by atomic mass is 79.9. The monoisotopic (exact) mass is 402 g/mol. The van der Waals surface area contributed by atoms with Gasteiger partial charge in [-0.1, -0.05) is 28.1 Å². The second kappa shape index (κ2) is 6.15. The summed E-state index contributed by atoms with van der Waals surface area (Å²) in [6.07, 6.45) is 1.60. The van der Waals surface area contributed by atoms with E-state index in [1.807, 2.05) is 28.9 Å². The van der Waals surface area contributed by atoms with Gasteiger partial charge < -0.3 is 10.5 Å². The van der Waals surface area contributed by atoms with Gasteiger partial charge in [0, 0.05) is 10.0 Å². The van der Waals surface area contributed by atoms with Gasteiger partial charge in [0.05, 0.1) is 17.2 Å². The largest absolute Gasteiger partial charge is 0.383 e. The van der Waals surface area contributed by atoms with Crippen LogP contribution in [0.2, 0.25) is 0 Å². The number of nitriles is 1. The van der Waals surface area contributed by atoms with Crippen molar-refractivity contribution >= 4 is 21.7 Å². The first-order valence-corrected chi connectivity index (χ1v) is 9.15. The SMILES string of the molecule is CC1(C)CC(n2nc(-c3ccc(Br)cc3)c(C#N)c2N)CC(C)(C)O1. The Balaban J connectivity index is 2.06. The summed E-state index contributed by atoms with van der Waals surface area (Å²) in [4.78, 5) is 0. The molecule has 1 fully saturated rings. The van der Waals surface area contributed by atoms with Crippen LogP contribution in [-0.2, 0) is 4.74 Å². The van der Waals surface area contributed by atoms with E-state index in [-0.39, 0.29) is 17.2 Å². The van der Waals surface area contributed by atoms with Crippen LogP contribution in [0.4, 0.5) is 5.82 Å². The number of benzene rings is 1. The number of ether oxygens (including phenoxy) is 1. The van der Waals surface area contributed by atoms with Crippen molar-refractivity contribution in [1.82, 2.24) is 9.78 Å². The fraction of sp³-hybridized carbons (Fsp3) is 0.474. The maximum Gasteiger partial charge on any atom is 0.140 e. The lowest BCUT2D eigenvalue weighted by Gasteiger charge is -2.45. The molecule has 1 aliphatic rings. The zero-order valence-corrected chi connectivity index (χ0v) is 16.6. The summed E-state index contributed by atoms with van der Waals surface area (Å²) >= 11 is 3.43. The van der Waals surface area contributed by atoms with Gasteiger partial charge in [-0.25, -0.2) is 4.68 Å². The maximum atomic E-state index is 9.61. The zero-order chi connectivity index (χ0) is 18.4. The van der Waals surface area contributed by atoms with Gasteiger partial charge in [-0.15, -0.1) is 0 Å². The molecule has 2 N–H and O–H groups in total. The van der Waals surface area contributed by atoms with E-state index in [4.69, 9.17) is 15.6 Å². The number of hydrogen-bond acceptors (Lipinski definition) is 4. The molecule has 0 saturated carbocycles. The Hall–Kier alpha value is -1.84. The Labute approximate surface area is 156 Å². The van der Waals surface area contributed by atoms with Crippen molar-refractivity contribution in [3.05, 3.63) is 34.3 Å². The van der Waals surface area contributed by atoms with E-state index in [2.05, 4.69) is 49.7 Å². The molecule has 0 amide bonds. The molecule has 1 aromatic heterocycles. The number of nitrogens with two attached hydrogens (primary N) is 1. The average Bonchev–Trinajstić information content (AvgIpc) is 2.81. The number of hydrogen-bond donors (Lipinski definition) is 1. The second-order valence-corrected chi connectivity index (χ2v) is 8.77. The molecule has 2 heterocycles. The lowest BCUT2D eigenvalue weighted by Crippen LogP contribution is -2.46. The number of aromatic nitrogens is 2. The topological polar surface area (TPSA) is 76.9 Å². The van der Waals surface area contributed by atoms with Crippen molar-refractivity contribution in [2.24, 2.45) is 0 Å². The zero-order valence-electron chi connectivity index (χ0n) is 15.0. The van der Waals surface area contributed by atoms with Crippen LogP contribution in [-0.4, -0.2) is 21.0 Å². The van der Waals surface area contributed by atoms with Crippen molar-refractivity contribution in [3.63, 3.8) is 0 Å². The van der Waals surface area contributed by atoms with Crippen LogP contribution in [0.5, 0.6) is 0 Å². The lowest BCUT2D eigenvalue weighted by atomic mass is 9.85. The second-order valence-electron chi connectivity index (χ2n) is 7.86. The molecule has 0 aliphatic carbocycles. The van der Waals surface area contributed by atoms with Crippen molar-refractivity contribution in [2.45, 2.75) is 57.8 Å². The quantitative estimate of drug-likeness (QED) is 0.790. The van der Waals surface area contributed by atoms with E-state index in [9.17, 15) is 5.26 Å². The molecule has 6 heteroatoms. The molecule has 0 bridgehead atoms. The van der Waals surface area contributed by atoms with Crippen LogP contribution in [0.3, 0.4) is 0 Å². The van der Waals surface area contributed by atoms with E-state index in [1.165, 1.54) is 0 Å².